The van der Waals surface area contributed by atoms with Crippen LogP contribution in [0.1, 0.15) is 31.9 Å². The fourth-order valence-corrected chi connectivity index (χ4v) is 3.26. The monoisotopic (exact) mass is 387 g/mol. The van der Waals surface area contributed by atoms with E-state index >= 15 is 0 Å². The number of nitrogens with one attached hydrogen (secondary N) is 2. The molecule has 4 nitrogen and oxygen atoms in total. The van der Waals surface area contributed by atoms with Crippen molar-refractivity contribution in [1.82, 2.24) is 4.98 Å². The minimum atomic E-state index is 0. The van der Waals surface area contributed by atoms with Crippen molar-refractivity contribution in [2.24, 2.45) is 0 Å². The van der Waals surface area contributed by atoms with E-state index in [9.17, 15) is 4.79 Å². The number of benzene rings is 2. The summed E-state index contributed by atoms with van der Waals surface area (Å²) in [5.41, 5.74) is 4.00. The molecule has 2 aromatic carbocycles. The Hall–Kier alpha value is -2.37. The normalized spacial score (nSPS) is 11.3. The van der Waals surface area contributed by atoms with Gasteiger partial charge in [0.1, 0.15) is 0 Å². The van der Waals surface area contributed by atoms with E-state index in [2.05, 4.69) is 34.7 Å². The molecule has 1 aromatic heterocycles. The molecule has 6 heteroatoms. The molecule has 0 aliphatic carbocycles. The summed E-state index contributed by atoms with van der Waals surface area (Å²) in [6.45, 7) is 3.96. The van der Waals surface area contributed by atoms with E-state index in [1.54, 1.807) is 11.3 Å². The highest BCUT2D eigenvalue weighted by Crippen LogP contribution is 2.28. The molecule has 3 aromatic rings. The second-order valence-corrected chi connectivity index (χ2v) is 6.65. The molecular formula is C20H22ClN3OS. The highest BCUT2D eigenvalue weighted by Gasteiger charge is 2.09. The number of rotatable bonds is 6. The van der Waals surface area contributed by atoms with Gasteiger partial charge in [0.25, 0.3) is 0 Å². The van der Waals surface area contributed by atoms with E-state index in [4.69, 9.17) is 0 Å². The molecule has 0 saturated carbocycles. The molecule has 0 fully saturated rings. The number of hydrogen-bond donors (Lipinski definition) is 2. The average molecular weight is 388 g/mol. The predicted molar refractivity (Wildman–Crippen MR) is 112 cm³/mol. The Morgan fingerprint density at radius 3 is 2.46 bits per heavy atom. The van der Waals surface area contributed by atoms with E-state index in [1.165, 1.54) is 5.56 Å². The average Bonchev–Trinajstić information content (AvgIpc) is 3.11. The minimum absolute atomic E-state index is 0. The van der Waals surface area contributed by atoms with Crippen molar-refractivity contribution in [3.63, 3.8) is 0 Å². The molecule has 1 unspecified atom stereocenters. The lowest BCUT2D eigenvalue weighted by molar-refractivity contribution is -0.115. The van der Waals surface area contributed by atoms with Crippen LogP contribution in [0.4, 0.5) is 10.8 Å². The van der Waals surface area contributed by atoms with Crippen LogP contribution in [0.2, 0.25) is 0 Å². The molecule has 2 N–H and O–H groups in total. The molecule has 0 spiro atoms. The first kappa shape index (κ1) is 19.9. The molecular weight excluding hydrogens is 366 g/mol. The molecule has 1 atom stereocenters. The standard InChI is InChI=1S/C20H21N3OS.ClH/c1-3-19(24)22-17-11-9-16(10-12-17)18-13-25-20(23-18)21-14(2)15-7-5-4-6-8-15;/h4-14H,3H2,1-2H3,(H,21,23)(H,22,24);1H. The summed E-state index contributed by atoms with van der Waals surface area (Å²) in [5, 5.41) is 9.23. The van der Waals surface area contributed by atoms with Gasteiger partial charge in [-0.15, -0.1) is 23.7 Å². The van der Waals surface area contributed by atoms with Crippen molar-refractivity contribution < 1.29 is 4.79 Å². The fraction of sp³-hybridized carbons (Fsp3) is 0.200. The van der Waals surface area contributed by atoms with E-state index < -0.39 is 0 Å². The number of carbonyl (C=O) groups is 1. The Balaban J connectivity index is 0.00000243. The quantitative estimate of drug-likeness (QED) is 0.565. The third kappa shape index (κ3) is 5.07. The molecule has 0 saturated heterocycles. The smallest absolute Gasteiger partial charge is 0.224 e. The van der Waals surface area contributed by atoms with Crippen LogP contribution >= 0.6 is 23.7 Å². The first-order chi connectivity index (χ1) is 12.2. The van der Waals surface area contributed by atoms with Gasteiger partial charge < -0.3 is 10.6 Å². The number of nitrogens with zero attached hydrogens (tertiary/aromatic N) is 1. The van der Waals surface area contributed by atoms with Crippen molar-refractivity contribution >= 4 is 40.5 Å². The lowest BCUT2D eigenvalue weighted by Gasteiger charge is -2.12. The first-order valence-corrected chi connectivity index (χ1v) is 9.21. The van der Waals surface area contributed by atoms with Gasteiger partial charge in [-0.2, -0.15) is 0 Å². The number of hydrogen-bond acceptors (Lipinski definition) is 4. The van der Waals surface area contributed by atoms with Crippen molar-refractivity contribution in [2.75, 3.05) is 10.6 Å². The Morgan fingerprint density at radius 1 is 1.12 bits per heavy atom. The molecule has 1 amide bonds. The zero-order chi connectivity index (χ0) is 17.6. The summed E-state index contributed by atoms with van der Waals surface area (Å²) < 4.78 is 0. The van der Waals surface area contributed by atoms with E-state index in [-0.39, 0.29) is 24.4 Å². The maximum atomic E-state index is 11.4. The number of anilines is 2. The second kappa shape index (κ2) is 9.36. The van der Waals surface area contributed by atoms with Gasteiger partial charge in [-0.3, -0.25) is 4.79 Å². The Morgan fingerprint density at radius 2 is 1.81 bits per heavy atom. The van der Waals surface area contributed by atoms with E-state index in [0.717, 1.165) is 22.1 Å². The molecule has 0 aliphatic rings. The van der Waals surface area contributed by atoms with Gasteiger partial charge in [0.05, 0.1) is 11.7 Å². The SMILES string of the molecule is CCC(=O)Nc1ccc(-c2csc(NC(C)c3ccccc3)n2)cc1.Cl. The van der Waals surface area contributed by atoms with E-state index in [0.29, 0.717) is 6.42 Å². The molecule has 0 bridgehead atoms. The van der Waals surface area contributed by atoms with Crippen LogP contribution < -0.4 is 10.6 Å². The lowest BCUT2D eigenvalue weighted by atomic mass is 10.1. The molecule has 1 heterocycles. The Labute approximate surface area is 164 Å². The summed E-state index contributed by atoms with van der Waals surface area (Å²) >= 11 is 1.59. The van der Waals surface area contributed by atoms with Crippen molar-refractivity contribution in [1.29, 1.82) is 0 Å². The van der Waals surface area contributed by atoms with Crippen LogP contribution in [0.3, 0.4) is 0 Å². The summed E-state index contributed by atoms with van der Waals surface area (Å²) in [7, 11) is 0. The number of thiazole rings is 1. The van der Waals surface area contributed by atoms with Crippen LogP contribution in [0.25, 0.3) is 11.3 Å². The Kier molecular flexibility index (Phi) is 7.18. The zero-order valence-corrected chi connectivity index (χ0v) is 16.4. The molecule has 136 valence electrons. The Bertz CT molecular complexity index is 834. The summed E-state index contributed by atoms with van der Waals surface area (Å²) in [6, 6.07) is 18.3. The van der Waals surface area contributed by atoms with E-state index in [1.807, 2.05) is 54.8 Å². The van der Waals surface area contributed by atoms with Crippen LogP contribution in [-0.2, 0) is 4.79 Å². The van der Waals surface area contributed by atoms with Crippen LogP contribution in [0.15, 0.2) is 60.0 Å². The van der Waals surface area contributed by atoms with Gasteiger partial charge >= 0.3 is 0 Å². The fourth-order valence-electron chi connectivity index (χ4n) is 2.46. The maximum absolute atomic E-state index is 11.4. The minimum Gasteiger partial charge on any atom is -0.355 e. The zero-order valence-electron chi connectivity index (χ0n) is 14.7. The third-order valence-electron chi connectivity index (χ3n) is 3.93. The highest BCUT2D eigenvalue weighted by molar-refractivity contribution is 7.14. The van der Waals surface area contributed by atoms with Crippen molar-refractivity contribution in [3.05, 3.63) is 65.5 Å². The van der Waals surface area contributed by atoms with Gasteiger partial charge in [-0.1, -0.05) is 49.4 Å². The summed E-state index contributed by atoms with van der Waals surface area (Å²) in [6.07, 6.45) is 0.475. The number of amides is 1. The molecule has 26 heavy (non-hydrogen) atoms. The second-order valence-electron chi connectivity index (χ2n) is 5.79. The van der Waals surface area contributed by atoms with Crippen molar-refractivity contribution in [3.8, 4) is 11.3 Å². The molecule has 3 rings (SSSR count). The van der Waals surface area contributed by atoms with Crippen LogP contribution in [0.5, 0.6) is 0 Å². The summed E-state index contributed by atoms with van der Waals surface area (Å²) in [5.74, 6) is 0.0165. The largest absolute Gasteiger partial charge is 0.355 e. The number of halogens is 1. The molecule has 0 aliphatic heterocycles. The van der Waals surface area contributed by atoms with Crippen molar-refractivity contribution in [2.45, 2.75) is 26.3 Å². The predicted octanol–water partition coefficient (Wildman–Crippen LogP) is 5.75. The van der Waals surface area contributed by atoms with Gasteiger partial charge in [-0.25, -0.2) is 4.98 Å². The maximum Gasteiger partial charge on any atom is 0.224 e. The van der Waals surface area contributed by atoms with Gasteiger partial charge in [0.15, 0.2) is 5.13 Å². The molecule has 0 radical (unpaired) electrons. The van der Waals surface area contributed by atoms with Gasteiger partial charge in [0, 0.05) is 23.1 Å². The summed E-state index contributed by atoms with van der Waals surface area (Å²) in [4.78, 5) is 16.1. The topological polar surface area (TPSA) is 54.0 Å². The van der Waals surface area contributed by atoms with Crippen LogP contribution in [0, 0.1) is 0 Å². The van der Waals surface area contributed by atoms with Gasteiger partial charge in [0.2, 0.25) is 5.91 Å². The third-order valence-corrected chi connectivity index (χ3v) is 4.70. The lowest BCUT2D eigenvalue weighted by Crippen LogP contribution is -2.09. The van der Waals surface area contributed by atoms with Crippen LogP contribution in [-0.4, -0.2) is 10.9 Å². The number of carbonyl (C=O) groups excluding carboxylic acids is 1. The highest BCUT2D eigenvalue weighted by atomic mass is 35.5. The van der Waals surface area contributed by atoms with Gasteiger partial charge in [-0.05, 0) is 24.6 Å². The first-order valence-electron chi connectivity index (χ1n) is 8.33. The number of aromatic nitrogens is 1.